The molecule has 0 aliphatic carbocycles. The molecule has 1 aliphatic heterocycles. The van der Waals surface area contributed by atoms with E-state index in [2.05, 4.69) is 5.32 Å². The molecule has 0 unspecified atom stereocenters. The molecule has 0 bridgehead atoms. The quantitative estimate of drug-likeness (QED) is 0.596. The number of piperidine rings is 1. The lowest BCUT2D eigenvalue weighted by molar-refractivity contribution is -0.234. The standard InChI is InChI=1S/C23H27F3N2O5S/c1-16-4-10-20(11-5-16)34(30,31)28-14-12-18(13-15-28)32-21(29)27-17-6-8-19(9-7-17)33-22(2,3)23(24,25)26/h4-11,18H,12-15H2,1-3H3,(H,27,29). The van der Waals surface area contributed by atoms with Crippen molar-refractivity contribution in [2.45, 2.75) is 56.4 Å². The van der Waals surface area contributed by atoms with E-state index in [4.69, 9.17) is 9.47 Å². The third-order valence-electron chi connectivity index (χ3n) is 5.49. The molecular weight excluding hydrogens is 473 g/mol. The maximum atomic E-state index is 12.9. The number of nitrogens with zero attached hydrogens (tertiary/aromatic N) is 1. The zero-order valence-electron chi connectivity index (χ0n) is 19.1. The molecule has 11 heteroatoms. The minimum absolute atomic E-state index is 0.00315. The van der Waals surface area contributed by atoms with Crippen molar-refractivity contribution in [2.24, 2.45) is 0 Å². The number of hydrogen-bond acceptors (Lipinski definition) is 5. The predicted octanol–water partition coefficient (Wildman–Crippen LogP) is 5.12. The summed E-state index contributed by atoms with van der Waals surface area (Å²) < 4.78 is 76.1. The van der Waals surface area contributed by atoms with E-state index >= 15 is 0 Å². The summed E-state index contributed by atoms with van der Waals surface area (Å²) in [5.74, 6) is 0.00315. The van der Waals surface area contributed by atoms with Crippen LogP contribution in [0.1, 0.15) is 32.3 Å². The molecular formula is C23H27F3N2O5S. The predicted molar refractivity (Wildman–Crippen MR) is 120 cm³/mol. The summed E-state index contributed by atoms with van der Waals surface area (Å²) in [6.45, 7) is 4.16. The molecule has 0 atom stereocenters. The Kier molecular flexibility index (Phi) is 7.47. The fourth-order valence-corrected chi connectivity index (χ4v) is 4.78. The third kappa shape index (κ3) is 6.20. The number of nitrogens with one attached hydrogen (secondary N) is 1. The van der Waals surface area contributed by atoms with E-state index in [0.717, 1.165) is 19.4 Å². The minimum Gasteiger partial charge on any atom is -0.478 e. The van der Waals surface area contributed by atoms with Crippen molar-refractivity contribution in [1.82, 2.24) is 4.31 Å². The smallest absolute Gasteiger partial charge is 0.427 e. The van der Waals surface area contributed by atoms with Gasteiger partial charge < -0.3 is 9.47 Å². The highest BCUT2D eigenvalue weighted by atomic mass is 32.2. The van der Waals surface area contributed by atoms with Crippen LogP contribution in [0.4, 0.5) is 23.7 Å². The second kappa shape index (κ2) is 9.83. The first-order chi connectivity index (χ1) is 15.8. The normalized spacial score (nSPS) is 16.2. The number of benzene rings is 2. The number of alkyl halides is 3. The maximum Gasteiger partial charge on any atom is 0.427 e. The second-order valence-corrected chi connectivity index (χ2v) is 10.5. The number of ether oxygens (including phenoxy) is 2. The SMILES string of the molecule is Cc1ccc(S(=O)(=O)N2CCC(OC(=O)Nc3ccc(OC(C)(C)C(F)(F)F)cc3)CC2)cc1. The molecule has 1 N–H and O–H groups in total. The summed E-state index contributed by atoms with van der Waals surface area (Å²) in [6, 6.07) is 12.1. The van der Waals surface area contributed by atoms with Gasteiger partial charge in [-0.15, -0.1) is 0 Å². The topological polar surface area (TPSA) is 84.9 Å². The van der Waals surface area contributed by atoms with E-state index in [9.17, 15) is 26.4 Å². The second-order valence-electron chi connectivity index (χ2n) is 8.58. The molecule has 0 aromatic heterocycles. The number of aryl methyl sites for hydroxylation is 1. The Morgan fingerprint density at radius 1 is 1.00 bits per heavy atom. The Morgan fingerprint density at radius 3 is 2.09 bits per heavy atom. The molecule has 2 aromatic rings. The molecule has 7 nitrogen and oxygen atoms in total. The molecule has 0 radical (unpaired) electrons. The average Bonchev–Trinajstić information content (AvgIpc) is 2.75. The van der Waals surface area contributed by atoms with Crippen LogP contribution in [0.5, 0.6) is 5.75 Å². The van der Waals surface area contributed by atoms with Crippen LogP contribution in [0.15, 0.2) is 53.4 Å². The Balaban J connectivity index is 1.49. The molecule has 1 aliphatic rings. The van der Waals surface area contributed by atoms with Gasteiger partial charge in [-0.2, -0.15) is 17.5 Å². The first-order valence-corrected chi connectivity index (χ1v) is 12.1. The number of hydrogen-bond donors (Lipinski definition) is 1. The molecule has 0 saturated carbocycles. The van der Waals surface area contributed by atoms with Crippen molar-refractivity contribution in [3.05, 3.63) is 54.1 Å². The highest BCUT2D eigenvalue weighted by Gasteiger charge is 2.49. The fourth-order valence-electron chi connectivity index (χ4n) is 3.31. The van der Waals surface area contributed by atoms with Gasteiger partial charge in [-0.05, 0) is 70.0 Å². The lowest BCUT2D eigenvalue weighted by Gasteiger charge is -2.31. The molecule has 186 valence electrons. The third-order valence-corrected chi connectivity index (χ3v) is 7.40. The van der Waals surface area contributed by atoms with E-state index < -0.39 is 34.0 Å². The van der Waals surface area contributed by atoms with Gasteiger partial charge in [0, 0.05) is 18.8 Å². The molecule has 1 saturated heterocycles. The highest BCUT2D eigenvalue weighted by molar-refractivity contribution is 7.89. The highest BCUT2D eigenvalue weighted by Crippen LogP contribution is 2.34. The van der Waals surface area contributed by atoms with E-state index in [-0.39, 0.29) is 23.7 Å². The molecule has 1 fully saturated rings. The monoisotopic (exact) mass is 500 g/mol. The number of halogens is 3. The van der Waals surface area contributed by atoms with Gasteiger partial charge in [0.2, 0.25) is 10.0 Å². The van der Waals surface area contributed by atoms with Crippen LogP contribution in [-0.4, -0.2) is 49.8 Å². The lowest BCUT2D eigenvalue weighted by Crippen LogP contribution is -2.44. The first-order valence-electron chi connectivity index (χ1n) is 10.7. The van der Waals surface area contributed by atoms with E-state index in [1.165, 1.54) is 28.6 Å². The van der Waals surface area contributed by atoms with Crippen molar-refractivity contribution in [3.8, 4) is 5.75 Å². The van der Waals surface area contributed by atoms with Crippen molar-refractivity contribution >= 4 is 21.8 Å². The average molecular weight is 501 g/mol. The summed E-state index contributed by atoms with van der Waals surface area (Å²) in [5, 5.41) is 2.51. The molecule has 34 heavy (non-hydrogen) atoms. The van der Waals surface area contributed by atoms with Gasteiger partial charge in [0.25, 0.3) is 0 Å². The van der Waals surface area contributed by atoms with Crippen molar-refractivity contribution in [1.29, 1.82) is 0 Å². The number of rotatable bonds is 6. The molecule has 1 amide bonds. The summed E-state index contributed by atoms with van der Waals surface area (Å²) >= 11 is 0. The number of carbonyl (C=O) groups is 1. The van der Waals surface area contributed by atoms with Crippen molar-refractivity contribution in [2.75, 3.05) is 18.4 Å². The summed E-state index contributed by atoms with van der Waals surface area (Å²) in [4.78, 5) is 12.4. The maximum absolute atomic E-state index is 12.9. The van der Waals surface area contributed by atoms with Crippen LogP contribution in [0.3, 0.4) is 0 Å². The number of carbonyl (C=O) groups excluding carboxylic acids is 1. The van der Waals surface area contributed by atoms with Crippen LogP contribution >= 0.6 is 0 Å². The molecule has 3 rings (SSSR count). The Morgan fingerprint density at radius 2 is 1.56 bits per heavy atom. The lowest BCUT2D eigenvalue weighted by atomic mass is 10.1. The van der Waals surface area contributed by atoms with E-state index in [1.54, 1.807) is 24.3 Å². The van der Waals surface area contributed by atoms with Crippen LogP contribution in [0, 0.1) is 6.92 Å². The Hall–Kier alpha value is -2.79. The van der Waals surface area contributed by atoms with Gasteiger partial charge >= 0.3 is 12.3 Å². The number of anilines is 1. The minimum atomic E-state index is -4.54. The van der Waals surface area contributed by atoms with Gasteiger partial charge in [-0.1, -0.05) is 17.7 Å². The summed E-state index contributed by atoms with van der Waals surface area (Å²) in [6.07, 6.45) is -5.04. The van der Waals surface area contributed by atoms with Crippen LogP contribution in [-0.2, 0) is 14.8 Å². The van der Waals surface area contributed by atoms with Gasteiger partial charge in [-0.3, -0.25) is 5.32 Å². The largest absolute Gasteiger partial charge is 0.478 e. The first kappa shape index (κ1) is 25.8. The van der Waals surface area contributed by atoms with Gasteiger partial charge in [0.05, 0.1) is 4.90 Å². The van der Waals surface area contributed by atoms with Gasteiger partial charge in [0.1, 0.15) is 11.9 Å². The Bertz CT molecular complexity index is 1090. The van der Waals surface area contributed by atoms with Crippen molar-refractivity contribution < 1.29 is 35.9 Å². The van der Waals surface area contributed by atoms with Gasteiger partial charge in [-0.25, -0.2) is 13.2 Å². The molecule has 1 heterocycles. The number of sulfonamides is 1. The fraction of sp³-hybridized carbons (Fsp3) is 0.435. The summed E-state index contributed by atoms with van der Waals surface area (Å²) in [7, 11) is -3.61. The summed E-state index contributed by atoms with van der Waals surface area (Å²) in [5.41, 5.74) is -1.08. The number of amides is 1. The van der Waals surface area contributed by atoms with Crippen LogP contribution < -0.4 is 10.1 Å². The van der Waals surface area contributed by atoms with Crippen molar-refractivity contribution in [3.63, 3.8) is 0 Å². The van der Waals surface area contributed by atoms with E-state index in [0.29, 0.717) is 18.5 Å². The molecule has 2 aromatic carbocycles. The Labute approximate surface area is 196 Å². The van der Waals surface area contributed by atoms with Gasteiger partial charge in [0.15, 0.2) is 5.60 Å². The zero-order valence-corrected chi connectivity index (χ0v) is 19.9. The molecule has 0 spiro atoms. The van der Waals surface area contributed by atoms with Crippen LogP contribution in [0.25, 0.3) is 0 Å². The van der Waals surface area contributed by atoms with Crippen LogP contribution in [0.2, 0.25) is 0 Å². The zero-order chi connectivity index (χ0) is 25.1. The van der Waals surface area contributed by atoms with E-state index in [1.807, 2.05) is 6.92 Å².